The van der Waals surface area contributed by atoms with Crippen LogP contribution in [0, 0.1) is 11.8 Å². The molecule has 5 nitrogen and oxygen atoms in total. The Labute approximate surface area is 107 Å². The van der Waals surface area contributed by atoms with Crippen molar-refractivity contribution in [3.8, 4) is 0 Å². The number of carboxylic acid groups (broad SMARTS) is 1. The van der Waals surface area contributed by atoms with E-state index in [1.807, 2.05) is 6.92 Å². The zero-order valence-corrected chi connectivity index (χ0v) is 10.8. The zero-order valence-electron chi connectivity index (χ0n) is 10.8. The lowest BCUT2D eigenvalue weighted by Gasteiger charge is -2.11. The van der Waals surface area contributed by atoms with Crippen LogP contribution in [0.2, 0.25) is 0 Å². The smallest absolute Gasteiger partial charge is 0.306 e. The molecule has 1 rings (SSSR count). The molecule has 18 heavy (non-hydrogen) atoms. The number of aliphatic carboxylic acids is 1. The van der Waals surface area contributed by atoms with Crippen LogP contribution < -0.4 is 5.32 Å². The average molecular weight is 255 g/mol. The van der Waals surface area contributed by atoms with Crippen molar-refractivity contribution in [2.75, 3.05) is 19.8 Å². The maximum atomic E-state index is 11.7. The van der Waals surface area contributed by atoms with Gasteiger partial charge in [0.25, 0.3) is 0 Å². The molecule has 0 saturated heterocycles. The van der Waals surface area contributed by atoms with Crippen molar-refractivity contribution >= 4 is 11.9 Å². The maximum Gasteiger partial charge on any atom is 0.306 e. The van der Waals surface area contributed by atoms with Crippen molar-refractivity contribution in [3.05, 3.63) is 12.2 Å². The SMILES string of the molecule is C=C(C)COCCNC(=O)C1CCC(C(=O)O)C1. The molecule has 0 aromatic rings. The van der Waals surface area contributed by atoms with E-state index in [-0.39, 0.29) is 17.7 Å². The maximum absolute atomic E-state index is 11.7. The molecule has 1 aliphatic rings. The molecule has 0 spiro atoms. The van der Waals surface area contributed by atoms with Crippen molar-refractivity contribution in [1.29, 1.82) is 0 Å². The monoisotopic (exact) mass is 255 g/mol. The topological polar surface area (TPSA) is 75.6 Å². The molecule has 2 atom stereocenters. The van der Waals surface area contributed by atoms with Gasteiger partial charge in [0, 0.05) is 12.5 Å². The van der Waals surface area contributed by atoms with E-state index >= 15 is 0 Å². The van der Waals surface area contributed by atoms with E-state index in [1.165, 1.54) is 0 Å². The van der Waals surface area contributed by atoms with Gasteiger partial charge in [-0.2, -0.15) is 0 Å². The largest absolute Gasteiger partial charge is 0.481 e. The van der Waals surface area contributed by atoms with Gasteiger partial charge < -0.3 is 15.2 Å². The van der Waals surface area contributed by atoms with Crippen molar-refractivity contribution in [2.24, 2.45) is 11.8 Å². The van der Waals surface area contributed by atoms with Gasteiger partial charge in [-0.05, 0) is 26.2 Å². The van der Waals surface area contributed by atoms with Crippen molar-refractivity contribution in [2.45, 2.75) is 26.2 Å². The molecule has 0 aromatic heterocycles. The molecule has 1 fully saturated rings. The summed E-state index contributed by atoms with van der Waals surface area (Å²) in [6, 6.07) is 0. The number of carbonyl (C=O) groups is 2. The third-order valence-corrected chi connectivity index (χ3v) is 3.05. The van der Waals surface area contributed by atoms with E-state index in [0.29, 0.717) is 39.0 Å². The second kappa shape index (κ2) is 7.16. The molecule has 5 heteroatoms. The number of hydrogen-bond donors (Lipinski definition) is 2. The molecular weight excluding hydrogens is 234 g/mol. The summed E-state index contributed by atoms with van der Waals surface area (Å²) in [5, 5.41) is 11.6. The number of rotatable bonds is 7. The predicted octanol–water partition coefficient (Wildman–Crippen LogP) is 1.20. The molecule has 1 saturated carbocycles. The van der Waals surface area contributed by atoms with E-state index < -0.39 is 5.97 Å². The highest BCUT2D eigenvalue weighted by Gasteiger charge is 2.33. The Balaban J connectivity index is 2.14. The number of carboxylic acids is 1. The summed E-state index contributed by atoms with van der Waals surface area (Å²) in [5.74, 6) is -1.37. The zero-order chi connectivity index (χ0) is 13.5. The molecule has 0 radical (unpaired) electrons. The Morgan fingerprint density at radius 3 is 2.61 bits per heavy atom. The fourth-order valence-electron chi connectivity index (χ4n) is 2.08. The third-order valence-electron chi connectivity index (χ3n) is 3.05. The van der Waals surface area contributed by atoms with Crippen LogP contribution in [0.15, 0.2) is 12.2 Å². The number of hydrogen-bond acceptors (Lipinski definition) is 3. The van der Waals surface area contributed by atoms with Crippen LogP contribution in [0.5, 0.6) is 0 Å². The van der Waals surface area contributed by atoms with Crippen LogP contribution in [0.3, 0.4) is 0 Å². The van der Waals surface area contributed by atoms with Crippen LogP contribution in [0.1, 0.15) is 26.2 Å². The summed E-state index contributed by atoms with van der Waals surface area (Å²) < 4.78 is 5.26. The summed E-state index contributed by atoms with van der Waals surface area (Å²) in [5.41, 5.74) is 0.946. The normalized spacial score (nSPS) is 22.7. The molecular formula is C13H21NO4. The van der Waals surface area contributed by atoms with Gasteiger partial charge in [0.15, 0.2) is 0 Å². The van der Waals surface area contributed by atoms with Crippen LogP contribution >= 0.6 is 0 Å². The highest BCUT2D eigenvalue weighted by Crippen LogP contribution is 2.30. The predicted molar refractivity (Wildman–Crippen MR) is 67.1 cm³/mol. The fourth-order valence-corrected chi connectivity index (χ4v) is 2.08. The summed E-state index contributed by atoms with van der Waals surface area (Å²) in [7, 11) is 0. The minimum Gasteiger partial charge on any atom is -0.481 e. The Kier molecular flexibility index (Phi) is 5.85. The van der Waals surface area contributed by atoms with Gasteiger partial charge in [0.05, 0.1) is 19.1 Å². The first-order chi connectivity index (χ1) is 8.50. The summed E-state index contributed by atoms with van der Waals surface area (Å²) in [6.07, 6.45) is 1.71. The lowest BCUT2D eigenvalue weighted by Crippen LogP contribution is -2.32. The van der Waals surface area contributed by atoms with Gasteiger partial charge >= 0.3 is 5.97 Å². The van der Waals surface area contributed by atoms with Gasteiger partial charge in [0.1, 0.15) is 0 Å². The molecule has 1 aliphatic carbocycles. The Morgan fingerprint density at radius 1 is 1.39 bits per heavy atom. The molecule has 0 aromatic carbocycles. The standard InChI is InChI=1S/C13H21NO4/c1-9(2)8-18-6-5-14-12(15)10-3-4-11(7-10)13(16)17/h10-11H,1,3-8H2,2H3,(H,14,15)(H,16,17). The van der Waals surface area contributed by atoms with E-state index in [4.69, 9.17) is 9.84 Å². The third kappa shape index (κ3) is 4.87. The van der Waals surface area contributed by atoms with Gasteiger partial charge in [-0.25, -0.2) is 0 Å². The Morgan fingerprint density at radius 2 is 2.06 bits per heavy atom. The fraction of sp³-hybridized carbons (Fsp3) is 0.692. The van der Waals surface area contributed by atoms with Crippen molar-refractivity contribution < 1.29 is 19.4 Å². The molecule has 0 heterocycles. The second-order valence-electron chi connectivity index (χ2n) is 4.85. The molecule has 1 amide bonds. The first kappa shape index (κ1) is 14.7. The van der Waals surface area contributed by atoms with Crippen LogP contribution in [0.4, 0.5) is 0 Å². The first-order valence-corrected chi connectivity index (χ1v) is 6.23. The summed E-state index contributed by atoms with van der Waals surface area (Å²) in [6.45, 7) is 7.00. The van der Waals surface area contributed by atoms with E-state index in [2.05, 4.69) is 11.9 Å². The number of carbonyl (C=O) groups excluding carboxylic acids is 1. The van der Waals surface area contributed by atoms with Gasteiger partial charge in [-0.1, -0.05) is 12.2 Å². The number of amides is 1. The van der Waals surface area contributed by atoms with Gasteiger partial charge in [-0.3, -0.25) is 9.59 Å². The molecule has 2 unspecified atom stereocenters. The molecule has 0 aliphatic heterocycles. The summed E-state index contributed by atoms with van der Waals surface area (Å²) in [4.78, 5) is 22.5. The Hall–Kier alpha value is -1.36. The first-order valence-electron chi connectivity index (χ1n) is 6.23. The molecule has 0 bridgehead atoms. The number of nitrogens with one attached hydrogen (secondary N) is 1. The highest BCUT2D eigenvalue weighted by molar-refractivity contribution is 5.80. The van der Waals surface area contributed by atoms with E-state index in [1.54, 1.807) is 0 Å². The molecule has 2 N–H and O–H groups in total. The van der Waals surface area contributed by atoms with Gasteiger partial charge in [0.2, 0.25) is 5.91 Å². The minimum absolute atomic E-state index is 0.0577. The Bertz CT molecular complexity index is 327. The minimum atomic E-state index is -0.796. The van der Waals surface area contributed by atoms with Crippen molar-refractivity contribution in [1.82, 2.24) is 5.32 Å². The quantitative estimate of drug-likeness (QED) is 0.529. The van der Waals surface area contributed by atoms with E-state index in [0.717, 1.165) is 5.57 Å². The number of ether oxygens (including phenoxy) is 1. The second-order valence-corrected chi connectivity index (χ2v) is 4.85. The molecule has 102 valence electrons. The van der Waals surface area contributed by atoms with Crippen molar-refractivity contribution in [3.63, 3.8) is 0 Å². The van der Waals surface area contributed by atoms with Crippen LogP contribution in [-0.4, -0.2) is 36.7 Å². The van der Waals surface area contributed by atoms with Crippen LogP contribution in [-0.2, 0) is 14.3 Å². The average Bonchev–Trinajstić information content (AvgIpc) is 2.77. The van der Waals surface area contributed by atoms with Gasteiger partial charge in [-0.15, -0.1) is 0 Å². The van der Waals surface area contributed by atoms with E-state index in [9.17, 15) is 9.59 Å². The summed E-state index contributed by atoms with van der Waals surface area (Å²) >= 11 is 0. The van der Waals surface area contributed by atoms with Crippen LogP contribution in [0.25, 0.3) is 0 Å². The highest BCUT2D eigenvalue weighted by atomic mass is 16.5. The lowest BCUT2D eigenvalue weighted by atomic mass is 10.0. The lowest BCUT2D eigenvalue weighted by molar-refractivity contribution is -0.141.